The number of hydrogen-bond donors (Lipinski definition) is 1. The highest BCUT2D eigenvalue weighted by Gasteiger charge is 2.19. The van der Waals surface area contributed by atoms with Crippen molar-refractivity contribution in [1.29, 1.82) is 0 Å². The average molecular weight is 375 g/mol. The summed E-state index contributed by atoms with van der Waals surface area (Å²) in [6.45, 7) is 8.32. The summed E-state index contributed by atoms with van der Waals surface area (Å²) in [6.07, 6.45) is 3.55. The van der Waals surface area contributed by atoms with E-state index in [1.165, 1.54) is 9.13 Å². The second-order valence-corrected chi connectivity index (χ2v) is 6.04. The third-order valence-electron chi connectivity index (χ3n) is 3.26. The molecule has 0 aliphatic heterocycles. The minimum atomic E-state index is 0.302. The van der Waals surface area contributed by atoms with Gasteiger partial charge in [-0.25, -0.2) is 0 Å². The largest absolute Gasteiger partial charge is 0.377 e. The Morgan fingerprint density at radius 1 is 1.16 bits per heavy atom. The molecule has 0 heterocycles. The molecule has 0 aliphatic carbocycles. The Morgan fingerprint density at radius 2 is 1.84 bits per heavy atom. The predicted molar refractivity (Wildman–Crippen MR) is 90.6 cm³/mol. The van der Waals surface area contributed by atoms with Crippen LogP contribution in [-0.4, -0.2) is 25.3 Å². The molecule has 0 aliphatic rings. The van der Waals surface area contributed by atoms with Crippen LogP contribution in [0.15, 0.2) is 24.3 Å². The summed E-state index contributed by atoms with van der Waals surface area (Å²) >= 11 is 2.35. The van der Waals surface area contributed by atoms with Gasteiger partial charge in [0, 0.05) is 16.2 Å². The molecule has 2 nitrogen and oxygen atoms in total. The summed E-state index contributed by atoms with van der Waals surface area (Å²) < 4.78 is 7.17. The van der Waals surface area contributed by atoms with E-state index in [-0.39, 0.29) is 0 Å². The van der Waals surface area contributed by atoms with E-state index in [9.17, 15) is 0 Å². The van der Waals surface area contributed by atoms with Crippen molar-refractivity contribution in [3.05, 3.63) is 33.4 Å². The molecule has 1 N–H and O–H groups in total. The Hall–Kier alpha value is -0.130. The highest BCUT2D eigenvalue weighted by molar-refractivity contribution is 14.1. The Bertz CT molecular complexity index is 339. The molecule has 0 amide bonds. The fourth-order valence-electron chi connectivity index (χ4n) is 2.27. The van der Waals surface area contributed by atoms with Gasteiger partial charge in [0.2, 0.25) is 0 Å². The van der Waals surface area contributed by atoms with E-state index >= 15 is 0 Å². The maximum Gasteiger partial charge on any atom is 0.0728 e. The summed E-state index contributed by atoms with van der Waals surface area (Å²) in [7, 11) is 0. The lowest BCUT2D eigenvalue weighted by molar-refractivity contribution is 0.0320. The van der Waals surface area contributed by atoms with Crippen LogP contribution in [0.1, 0.15) is 39.2 Å². The number of nitrogens with one attached hydrogen (secondary N) is 1. The van der Waals surface area contributed by atoms with E-state index in [1.807, 2.05) is 0 Å². The summed E-state index contributed by atoms with van der Waals surface area (Å²) in [4.78, 5) is 0. The molecular weight excluding hydrogens is 349 g/mol. The molecule has 2 atom stereocenters. The molecule has 1 rings (SSSR count). The molecule has 0 spiro atoms. The maximum absolute atomic E-state index is 5.88. The molecule has 0 saturated heterocycles. The van der Waals surface area contributed by atoms with Gasteiger partial charge in [-0.3, -0.25) is 0 Å². The summed E-state index contributed by atoms with van der Waals surface area (Å²) in [5, 5.41) is 3.64. The Kier molecular flexibility index (Phi) is 8.66. The molecule has 0 fully saturated rings. The first-order chi connectivity index (χ1) is 9.21. The van der Waals surface area contributed by atoms with Crippen LogP contribution in [0.4, 0.5) is 0 Å². The molecular formula is C16H26INO. The van der Waals surface area contributed by atoms with Gasteiger partial charge < -0.3 is 10.1 Å². The van der Waals surface area contributed by atoms with Crippen LogP contribution in [0.25, 0.3) is 0 Å². The van der Waals surface area contributed by atoms with Crippen molar-refractivity contribution in [3.63, 3.8) is 0 Å². The van der Waals surface area contributed by atoms with Crippen LogP contribution in [0.2, 0.25) is 0 Å². The molecule has 1 aromatic rings. The van der Waals surface area contributed by atoms with Gasteiger partial charge in [-0.1, -0.05) is 26.0 Å². The second-order valence-electron chi connectivity index (χ2n) is 4.79. The topological polar surface area (TPSA) is 21.3 Å². The average Bonchev–Trinajstić information content (AvgIpc) is 2.43. The van der Waals surface area contributed by atoms with E-state index < -0.39 is 0 Å². The molecule has 0 radical (unpaired) electrons. The Morgan fingerprint density at radius 3 is 2.37 bits per heavy atom. The number of rotatable bonds is 9. The van der Waals surface area contributed by atoms with Gasteiger partial charge in [-0.2, -0.15) is 0 Å². The van der Waals surface area contributed by atoms with Crippen molar-refractivity contribution < 1.29 is 4.74 Å². The van der Waals surface area contributed by atoms with Gasteiger partial charge in [0.05, 0.1) is 6.10 Å². The van der Waals surface area contributed by atoms with Crippen molar-refractivity contribution in [2.75, 3.05) is 13.2 Å². The molecule has 3 heteroatoms. The Labute approximate surface area is 131 Å². The van der Waals surface area contributed by atoms with E-state index in [0.29, 0.717) is 12.1 Å². The van der Waals surface area contributed by atoms with Crippen LogP contribution in [0.5, 0.6) is 0 Å². The minimum absolute atomic E-state index is 0.302. The van der Waals surface area contributed by atoms with Gasteiger partial charge >= 0.3 is 0 Å². The van der Waals surface area contributed by atoms with E-state index in [1.54, 1.807) is 0 Å². The highest BCUT2D eigenvalue weighted by Crippen LogP contribution is 2.13. The highest BCUT2D eigenvalue weighted by atomic mass is 127. The van der Waals surface area contributed by atoms with Crippen LogP contribution in [-0.2, 0) is 11.2 Å². The van der Waals surface area contributed by atoms with Crippen LogP contribution in [0, 0.1) is 3.57 Å². The number of hydrogen-bond acceptors (Lipinski definition) is 2. The quantitative estimate of drug-likeness (QED) is 0.659. The fourth-order valence-corrected chi connectivity index (χ4v) is 2.63. The lowest BCUT2D eigenvalue weighted by Gasteiger charge is -2.27. The standard InChI is InChI=1S/C16H26INO/c1-4-11-18-15(16(5-2)19-6-3)12-13-7-9-14(17)10-8-13/h7-10,15-16,18H,4-6,11-12H2,1-3H3. The zero-order chi connectivity index (χ0) is 14.1. The van der Waals surface area contributed by atoms with Crippen LogP contribution >= 0.6 is 22.6 Å². The molecule has 19 heavy (non-hydrogen) atoms. The van der Waals surface area contributed by atoms with Crippen molar-refractivity contribution in [2.24, 2.45) is 0 Å². The number of halogens is 1. The molecule has 1 aromatic carbocycles. The SMILES string of the molecule is CCCNC(Cc1ccc(I)cc1)C(CC)OCC. The maximum atomic E-state index is 5.88. The van der Waals surface area contributed by atoms with Crippen molar-refractivity contribution >= 4 is 22.6 Å². The fraction of sp³-hybridized carbons (Fsp3) is 0.625. The van der Waals surface area contributed by atoms with Crippen LogP contribution in [0.3, 0.4) is 0 Å². The normalized spacial score (nSPS) is 14.3. The summed E-state index contributed by atoms with van der Waals surface area (Å²) in [5.41, 5.74) is 1.38. The van der Waals surface area contributed by atoms with Crippen molar-refractivity contribution in [3.8, 4) is 0 Å². The van der Waals surface area contributed by atoms with Gasteiger partial charge in [0.1, 0.15) is 0 Å². The Balaban J connectivity index is 2.69. The van der Waals surface area contributed by atoms with Crippen molar-refractivity contribution in [1.82, 2.24) is 5.32 Å². The van der Waals surface area contributed by atoms with E-state index in [0.717, 1.165) is 32.4 Å². The first-order valence-corrected chi connectivity index (χ1v) is 8.38. The monoisotopic (exact) mass is 375 g/mol. The molecule has 0 aromatic heterocycles. The first-order valence-electron chi connectivity index (χ1n) is 7.30. The third kappa shape index (κ3) is 6.23. The first kappa shape index (κ1) is 16.9. The van der Waals surface area contributed by atoms with Gasteiger partial charge in [0.15, 0.2) is 0 Å². The van der Waals surface area contributed by atoms with E-state index in [4.69, 9.17) is 4.74 Å². The molecule has 108 valence electrons. The van der Waals surface area contributed by atoms with Gasteiger partial charge in [-0.15, -0.1) is 0 Å². The zero-order valence-electron chi connectivity index (χ0n) is 12.3. The number of ether oxygens (including phenoxy) is 1. The second kappa shape index (κ2) is 9.72. The van der Waals surface area contributed by atoms with Crippen molar-refractivity contribution in [2.45, 2.75) is 52.2 Å². The predicted octanol–water partition coefficient (Wildman–Crippen LogP) is 4.02. The van der Waals surface area contributed by atoms with E-state index in [2.05, 4.69) is 72.9 Å². The van der Waals surface area contributed by atoms with Gasteiger partial charge in [-0.05, 0) is 73.0 Å². The summed E-state index contributed by atoms with van der Waals surface area (Å²) in [5.74, 6) is 0. The van der Waals surface area contributed by atoms with Crippen LogP contribution < -0.4 is 5.32 Å². The minimum Gasteiger partial charge on any atom is -0.377 e. The number of benzene rings is 1. The smallest absolute Gasteiger partial charge is 0.0728 e. The molecule has 0 bridgehead atoms. The molecule has 0 saturated carbocycles. The third-order valence-corrected chi connectivity index (χ3v) is 3.98. The van der Waals surface area contributed by atoms with Gasteiger partial charge in [0.25, 0.3) is 0 Å². The summed E-state index contributed by atoms with van der Waals surface area (Å²) in [6, 6.07) is 9.20. The lowest BCUT2D eigenvalue weighted by atomic mass is 9.99. The molecule has 2 unspecified atom stereocenters. The lowest BCUT2D eigenvalue weighted by Crippen LogP contribution is -2.43. The zero-order valence-corrected chi connectivity index (χ0v) is 14.4.